The van der Waals surface area contributed by atoms with Gasteiger partial charge in [0.15, 0.2) is 5.69 Å². The van der Waals surface area contributed by atoms with Crippen molar-refractivity contribution in [3.05, 3.63) is 16.0 Å². The number of H-pyrrole nitrogens is 1. The maximum Gasteiger partial charge on any atom is 0.294 e. The van der Waals surface area contributed by atoms with Crippen molar-refractivity contribution in [1.82, 2.24) is 9.78 Å². The Balaban J connectivity index is 3.34. The Morgan fingerprint density at radius 1 is 1.90 bits per heavy atom. The molecule has 2 N–H and O–H groups in total. The average Bonchev–Trinajstić information content (AvgIpc) is 2.17. The van der Waals surface area contributed by atoms with Crippen LogP contribution >= 0.6 is 0 Å². The highest BCUT2D eigenvalue weighted by molar-refractivity contribution is 5.37. The zero-order valence-corrected chi connectivity index (χ0v) is 5.75. The van der Waals surface area contributed by atoms with E-state index in [-0.39, 0.29) is 11.2 Å². The summed E-state index contributed by atoms with van der Waals surface area (Å²) in [5, 5.41) is 6.08. The van der Waals surface area contributed by atoms with E-state index in [2.05, 4.69) is 15.7 Å². The third kappa shape index (κ3) is 0.754. The summed E-state index contributed by atoms with van der Waals surface area (Å²) in [6.07, 6.45) is 0. The molecule has 5 nitrogen and oxygen atoms in total. The first-order chi connectivity index (χ1) is 5.16. The Labute approximate surface area is 58.6 Å². The summed E-state index contributed by atoms with van der Waals surface area (Å²) in [7, 11) is 1.58. The van der Waals surface area contributed by atoms with Crippen LogP contribution in [0.1, 0.15) is 5.69 Å². The average molecular weight is 141 g/mol. The van der Waals surface area contributed by atoms with Crippen molar-refractivity contribution in [3.8, 4) is 0 Å². The van der Waals surface area contributed by atoms with Crippen molar-refractivity contribution in [3.63, 3.8) is 0 Å². The van der Waals surface area contributed by atoms with Gasteiger partial charge in [0.25, 0.3) is 5.56 Å². The minimum atomic E-state index is -0.265. The lowest BCUT2D eigenvalue weighted by Gasteiger charge is -1.82. The van der Waals surface area contributed by atoms with Gasteiger partial charge in [0, 0.05) is 7.05 Å². The van der Waals surface area contributed by atoms with E-state index in [1.54, 1.807) is 14.0 Å². The molecule has 0 amide bonds. The molecule has 10 heavy (non-hydrogen) atoms. The highest BCUT2D eigenvalue weighted by Crippen LogP contribution is 2.07. The number of aromatic nitrogens is 2. The Kier molecular flexibility index (Phi) is 1.13. The molecule has 0 radical (unpaired) electrons. The van der Waals surface area contributed by atoms with Gasteiger partial charge in [-0.25, -0.2) is 5.52 Å². The summed E-state index contributed by atoms with van der Waals surface area (Å²) in [6.45, 7) is 1.70. The summed E-state index contributed by atoms with van der Waals surface area (Å²) < 4.78 is 7.73. The molecule has 1 aromatic heterocycles. The zero-order valence-electron chi connectivity index (χ0n) is 6.75. The summed E-state index contributed by atoms with van der Waals surface area (Å²) in [6, 6.07) is 0. The third-order valence-electron chi connectivity index (χ3n) is 1.30. The van der Waals surface area contributed by atoms with Crippen LogP contribution in [0.15, 0.2) is 9.91 Å². The standard InChI is InChI=1S/C5H8N4O/c1-3-4(7-6)5(10)9(2)8-3/h6,8H,1-2H3/i/hD. The molecule has 0 atom stereocenters. The number of nitrogens with one attached hydrogen (secondary N) is 2. The number of aromatic amines is 1. The van der Waals surface area contributed by atoms with Crippen molar-refractivity contribution in [2.75, 3.05) is 0 Å². The zero-order chi connectivity index (χ0) is 8.43. The highest BCUT2D eigenvalue weighted by atomic mass is 16.1. The summed E-state index contributed by atoms with van der Waals surface area (Å²) >= 11 is 0. The second-order valence-electron chi connectivity index (χ2n) is 2.05. The Morgan fingerprint density at radius 3 is 3.00 bits per heavy atom. The first-order valence-corrected chi connectivity index (χ1v) is 2.77. The van der Waals surface area contributed by atoms with Gasteiger partial charge in [0.2, 0.25) is 1.41 Å². The van der Waals surface area contributed by atoms with E-state index in [1.165, 1.54) is 4.68 Å². The molecule has 0 bridgehead atoms. The maximum atomic E-state index is 11.1. The molecule has 5 heteroatoms. The van der Waals surface area contributed by atoms with Crippen molar-refractivity contribution in [2.24, 2.45) is 12.2 Å². The van der Waals surface area contributed by atoms with Crippen LogP contribution < -0.4 is 5.56 Å². The van der Waals surface area contributed by atoms with Gasteiger partial charge in [-0.15, -0.1) is 0 Å². The van der Waals surface area contributed by atoms with Gasteiger partial charge in [-0.05, 0) is 6.92 Å². The smallest absolute Gasteiger partial charge is 0.294 e. The van der Waals surface area contributed by atoms with E-state index >= 15 is 0 Å². The molecule has 0 aliphatic heterocycles. The first kappa shape index (κ1) is 5.40. The molecule has 54 valence electrons. The molecule has 0 saturated heterocycles. The van der Waals surface area contributed by atoms with Gasteiger partial charge >= 0.3 is 0 Å². The molecule has 1 aromatic rings. The van der Waals surface area contributed by atoms with Gasteiger partial charge in [-0.1, -0.05) is 0 Å². The lowest BCUT2D eigenvalue weighted by atomic mass is 10.4. The number of nitrogens with zero attached hydrogens (tertiary/aromatic N) is 2. The van der Waals surface area contributed by atoms with E-state index in [0.717, 1.165) is 0 Å². The molecular weight excluding hydrogens is 132 g/mol. The van der Waals surface area contributed by atoms with Crippen LogP contribution in [0.3, 0.4) is 0 Å². The monoisotopic (exact) mass is 141 g/mol. The van der Waals surface area contributed by atoms with E-state index < -0.39 is 0 Å². The second-order valence-corrected chi connectivity index (χ2v) is 2.05. The Morgan fingerprint density at radius 2 is 2.60 bits per heavy atom. The van der Waals surface area contributed by atoms with Crippen LogP contribution in [0.5, 0.6) is 0 Å². The Bertz CT molecular complexity index is 337. The molecule has 0 saturated carbocycles. The maximum absolute atomic E-state index is 11.1. The normalized spacial score (nSPS) is 12.4. The SMILES string of the molecule is [2H]N=Nc1c(C)[nH]n(C)c1=O. The lowest BCUT2D eigenvalue weighted by Crippen LogP contribution is -2.10. The van der Waals surface area contributed by atoms with Gasteiger partial charge in [-0.3, -0.25) is 14.6 Å². The quantitative estimate of drug-likeness (QED) is 0.554. The van der Waals surface area contributed by atoms with E-state index in [9.17, 15) is 4.79 Å². The first-order valence-electron chi connectivity index (χ1n) is 3.22. The molecule has 0 aromatic carbocycles. The third-order valence-corrected chi connectivity index (χ3v) is 1.30. The summed E-state index contributed by atoms with van der Waals surface area (Å²) in [5.41, 5.74) is 3.33. The minimum Gasteiger partial charge on any atom is -0.298 e. The molecule has 1 rings (SSSR count). The molecule has 0 aliphatic carbocycles. The molecule has 1 heterocycles. The molecule has 0 aliphatic rings. The van der Waals surface area contributed by atoms with Crippen LogP contribution in [0.4, 0.5) is 5.69 Å². The fraction of sp³-hybridized carbons (Fsp3) is 0.400. The number of rotatable bonds is 1. The summed E-state index contributed by atoms with van der Waals surface area (Å²) in [4.78, 5) is 11.1. The van der Waals surface area contributed by atoms with Gasteiger partial charge in [0.1, 0.15) is 0 Å². The van der Waals surface area contributed by atoms with Crippen molar-refractivity contribution >= 4 is 5.69 Å². The molecule has 0 spiro atoms. The molecule has 0 fully saturated rings. The van der Waals surface area contributed by atoms with Crippen LogP contribution in [-0.2, 0) is 7.05 Å². The van der Waals surface area contributed by atoms with Crippen LogP contribution in [0.2, 0.25) is 1.41 Å². The lowest BCUT2D eigenvalue weighted by molar-refractivity contribution is 0.731. The fourth-order valence-electron chi connectivity index (χ4n) is 0.792. The van der Waals surface area contributed by atoms with Gasteiger partial charge < -0.3 is 0 Å². The topological polar surface area (TPSA) is 74.0 Å². The van der Waals surface area contributed by atoms with E-state index in [1.807, 2.05) is 0 Å². The van der Waals surface area contributed by atoms with Crippen LogP contribution in [0.25, 0.3) is 0 Å². The number of hydrogen-bond donors (Lipinski definition) is 2. The van der Waals surface area contributed by atoms with Crippen LogP contribution in [0, 0.1) is 12.4 Å². The predicted molar refractivity (Wildman–Crippen MR) is 35.6 cm³/mol. The van der Waals surface area contributed by atoms with Crippen molar-refractivity contribution in [2.45, 2.75) is 6.92 Å². The molecule has 0 unspecified atom stereocenters. The van der Waals surface area contributed by atoms with Gasteiger partial charge in [-0.2, -0.15) is 5.11 Å². The predicted octanol–water partition coefficient (Wildman–Crippen LogP) is 0.684. The highest BCUT2D eigenvalue weighted by Gasteiger charge is 2.05. The van der Waals surface area contributed by atoms with Crippen molar-refractivity contribution < 1.29 is 1.41 Å². The number of aryl methyl sites for hydroxylation is 2. The number of hydrogen-bond acceptors (Lipinski definition) is 3. The van der Waals surface area contributed by atoms with Crippen molar-refractivity contribution in [1.29, 1.82) is 5.52 Å². The van der Waals surface area contributed by atoms with Crippen LogP contribution in [-0.4, -0.2) is 9.78 Å². The minimum absolute atomic E-state index is 0.197. The molecular formula is C5H8N4O. The summed E-state index contributed by atoms with van der Waals surface area (Å²) in [5.74, 6) is 0. The van der Waals surface area contributed by atoms with E-state index in [0.29, 0.717) is 5.69 Å². The fourth-order valence-corrected chi connectivity index (χ4v) is 0.792. The van der Waals surface area contributed by atoms with E-state index in [4.69, 9.17) is 1.41 Å². The Hall–Kier alpha value is -1.39. The largest absolute Gasteiger partial charge is 0.298 e. The second kappa shape index (κ2) is 2.09. The van der Waals surface area contributed by atoms with Gasteiger partial charge in [0.05, 0.1) is 5.69 Å².